The van der Waals surface area contributed by atoms with E-state index in [1.807, 2.05) is 31.2 Å². The zero-order chi connectivity index (χ0) is 18.5. The highest BCUT2D eigenvalue weighted by molar-refractivity contribution is 5.90. The number of aryl methyl sites for hydroxylation is 1. The Kier molecular flexibility index (Phi) is 4.10. The van der Waals surface area contributed by atoms with Gasteiger partial charge in [0.1, 0.15) is 6.10 Å². The first-order chi connectivity index (χ1) is 12.3. The van der Waals surface area contributed by atoms with Crippen molar-refractivity contribution < 1.29 is 33.3 Å². The summed E-state index contributed by atoms with van der Waals surface area (Å²) in [6.45, 7) is 5.50. The Morgan fingerprint density at radius 1 is 1.12 bits per heavy atom. The van der Waals surface area contributed by atoms with Crippen molar-refractivity contribution in [2.24, 2.45) is 0 Å². The van der Waals surface area contributed by atoms with Gasteiger partial charge in [-0.25, -0.2) is 9.59 Å². The molecule has 3 aliphatic rings. The Labute approximate surface area is 150 Å². The summed E-state index contributed by atoms with van der Waals surface area (Å²) in [6, 6.07) is 7.65. The number of esters is 2. The maximum atomic E-state index is 12.1. The molecule has 0 N–H and O–H groups in total. The normalized spacial score (nSPS) is 34.6. The smallest absolute Gasteiger partial charge is 0.350 e. The van der Waals surface area contributed by atoms with E-state index in [0.29, 0.717) is 0 Å². The van der Waals surface area contributed by atoms with E-state index in [1.165, 1.54) is 6.08 Å². The molecule has 0 spiro atoms. The number of hydrogen-bond acceptors (Lipinski definition) is 7. The second-order valence-corrected chi connectivity index (χ2v) is 7.07. The van der Waals surface area contributed by atoms with Crippen molar-refractivity contribution in [3.8, 4) is 0 Å². The number of hydrogen-bond donors (Lipinski definition) is 0. The second kappa shape index (κ2) is 6.19. The van der Waals surface area contributed by atoms with Gasteiger partial charge in [-0.15, -0.1) is 0 Å². The Bertz CT molecular complexity index is 752. The number of fused-ring (bicyclic) bond motifs is 3. The summed E-state index contributed by atoms with van der Waals surface area (Å²) in [7, 11) is 0. The lowest BCUT2D eigenvalue weighted by Gasteiger charge is -2.21. The molecule has 5 atom stereocenters. The van der Waals surface area contributed by atoms with Crippen LogP contribution in [0.25, 0.3) is 6.08 Å². The maximum Gasteiger partial charge on any atom is 0.350 e. The average molecular weight is 360 g/mol. The first kappa shape index (κ1) is 17.2. The van der Waals surface area contributed by atoms with E-state index in [1.54, 1.807) is 19.9 Å². The molecule has 0 amide bonds. The molecular weight excluding hydrogens is 340 g/mol. The number of ether oxygens (including phenoxy) is 5. The van der Waals surface area contributed by atoms with Crippen molar-refractivity contribution in [1.82, 2.24) is 0 Å². The van der Waals surface area contributed by atoms with Crippen molar-refractivity contribution in [3.63, 3.8) is 0 Å². The minimum Gasteiger partial charge on any atom is -0.454 e. The summed E-state index contributed by atoms with van der Waals surface area (Å²) in [4.78, 5) is 24.2. The SMILES string of the molecule is Cc1ccc(C=CC(=O)OC2C(=O)OC3C4OC(C)(C)OC4OC23)cc1. The molecule has 138 valence electrons. The van der Waals surface area contributed by atoms with Crippen molar-refractivity contribution in [3.05, 3.63) is 41.5 Å². The van der Waals surface area contributed by atoms with Crippen LogP contribution in [-0.4, -0.2) is 48.4 Å². The largest absolute Gasteiger partial charge is 0.454 e. The van der Waals surface area contributed by atoms with Crippen LogP contribution in [0.15, 0.2) is 30.3 Å². The van der Waals surface area contributed by atoms with Gasteiger partial charge in [0.25, 0.3) is 0 Å². The van der Waals surface area contributed by atoms with Crippen LogP contribution in [0, 0.1) is 6.92 Å². The number of carbonyl (C=O) groups excluding carboxylic acids is 2. The van der Waals surface area contributed by atoms with Gasteiger partial charge in [0, 0.05) is 6.08 Å². The van der Waals surface area contributed by atoms with Crippen molar-refractivity contribution in [1.29, 1.82) is 0 Å². The third kappa shape index (κ3) is 3.13. The maximum absolute atomic E-state index is 12.1. The van der Waals surface area contributed by atoms with Gasteiger partial charge in [-0.2, -0.15) is 0 Å². The summed E-state index contributed by atoms with van der Waals surface area (Å²) in [5.41, 5.74) is 1.98. The molecule has 26 heavy (non-hydrogen) atoms. The van der Waals surface area contributed by atoms with Gasteiger partial charge in [0.05, 0.1) is 0 Å². The standard InChI is InChI=1S/C19H20O7/c1-10-4-6-11(7-5-10)8-9-12(20)22-15-13-14(23-17(15)21)16-18(24-13)26-19(2,3)25-16/h4-9,13-16,18H,1-3H3. The molecule has 3 aliphatic heterocycles. The summed E-state index contributed by atoms with van der Waals surface area (Å²) < 4.78 is 27.6. The lowest BCUT2D eigenvalue weighted by atomic mass is 10.1. The lowest BCUT2D eigenvalue weighted by molar-refractivity contribution is -0.216. The minimum absolute atomic E-state index is 0.522. The predicted octanol–water partition coefficient (Wildman–Crippen LogP) is 1.72. The molecule has 7 heteroatoms. The highest BCUT2D eigenvalue weighted by Gasteiger charge is 2.64. The van der Waals surface area contributed by atoms with Gasteiger partial charge in [0.2, 0.25) is 6.10 Å². The summed E-state index contributed by atoms with van der Waals surface area (Å²) >= 11 is 0. The Morgan fingerprint density at radius 3 is 2.58 bits per heavy atom. The third-order valence-electron chi connectivity index (χ3n) is 4.54. The van der Waals surface area contributed by atoms with Crippen LogP contribution in [-0.2, 0) is 33.3 Å². The molecule has 0 bridgehead atoms. The Hall–Kier alpha value is -2.22. The van der Waals surface area contributed by atoms with Gasteiger partial charge in [-0.1, -0.05) is 29.8 Å². The topological polar surface area (TPSA) is 80.3 Å². The fraction of sp³-hybridized carbons (Fsp3) is 0.474. The zero-order valence-electron chi connectivity index (χ0n) is 14.7. The Morgan fingerprint density at radius 2 is 1.85 bits per heavy atom. The van der Waals surface area contributed by atoms with Crippen LogP contribution in [0.2, 0.25) is 0 Å². The predicted molar refractivity (Wildman–Crippen MR) is 88.7 cm³/mol. The van der Waals surface area contributed by atoms with Gasteiger partial charge >= 0.3 is 11.9 Å². The van der Waals surface area contributed by atoms with Crippen LogP contribution in [0.4, 0.5) is 0 Å². The molecule has 3 saturated heterocycles. The molecule has 3 heterocycles. The first-order valence-electron chi connectivity index (χ1n) is 8.49. The molecular formula is C19H20O7. The van der Waals surface area contributed by atoms with E-state index < -0.39 is 48.4 Å². The van der Waals surface area contributed by atoms with Gasteiger partial charge in [-0.3, -0.25) is 0 Å². The highest BCUT2D eigenvalue weighted by Crippen LogP contribution is 2.42. The monoisotopic (exact) mass is 360 g/mol. The van der Waals surface area contributed by atoms with Gasteiger partial charge < -0.3 is 23.7 Å². The van der Waals surface area contributed by atoms with Crippen LogP contribution in [0.1, 0.15) is 25.0 Å². The zero-order valence-corrected chi connectivity index (χ0v) is 14.7. The van der Waals surface area contributed by atoms with Crippen LogP contribution in [0.3, 0.4) is 0 Å². The molecule has 0 aliphatic carbocycles. The fourth-order valence-electron chi connectivity index (χ4n) is 3.34. The van der Waals surface area contributed by atoms with E-state index in [-0.39, 0.29) is 0 Å². The van der Waals surface area contributed by atoms with Crippen molar-refractivity contribution >= 4 is 18.0 Å². The number of rotatable bonds is 3. The number of carbonyl (C=O) groups is 2. The van der Waals surface area contributed by atoms with Crippen molar-refractivity contribution in [2.45, 2.75) is 57.3 Å². The van der Waals surface area contributed by atoms with E-state index >= 15 is 0 Å². The molecule has 1 aromatic rings. The summed E-state index contributed by atoms with van der Waals surface area (Å²) in [5, 5.41) is 0. The number of benzene rings is 1. The fourth-order valence-corrected chi connectivity index (χ4v) is 3.34. The molecule has 0 radical (unpaired) electrons. The van der Waals surface area contributed by atoms with Crippen LogP contribution < -0.4 is 0 Å². The van der Waals surface area contributed by atoms with E-state index in [4.69, 9.17) is 23.7 Å². The molecule has 4 rings (SSSR count). The minimum atomic E-state index is -1.13. The first-order valence-corrected chi connectivity index (χ1v) is 8.49. The third-order valence-corrected chi connectivity index (χ3v) is 4.54. The highest BCUT2D eigenvalue weighted by atomic mass is 16.8. The molecule has 5 unspecified atom stereocenters. The average Bonchev–Trinajstić information content (AvgIpc) is 3.15. The van der Waals surface area contributed by atoms with Crippen LogP contribution in [0.5, 0.6) is 0 Å². The quantitative estimate of drug-likeness (QED) is 0.600. The molecule has 1 aromatic carbocycles. The molecule has 3 fully saturated rings. The Balaban J connectivity index is 1.40. The molecule has 7 nitrogen and oxygen atoms in total. The lowest BCUT2D eigenvalue weighted by Crippen LogP contribution is -2.37. The van der Waals surface area contributed by atoms with E-state index in [2.05, 4.69) is 0 Å². The van der Waals surface area contributed by atoms with Gasteiger partial charge in [-0.05, 0) is 32.4 Å². The van der Waals surface area contributed by atoms with Gasteiger partial charge in [0.15, 0.2) is 24.3 Å². The van der Waals surface area contributed by atoms with E-state index in [0.717, 1.165) is 11.1 Å². The summed E-state index contributed by atoms with van der Waals surface area (Å²) in [6.07, 6.45) is -0.770. The van der Waals surface area contributed by atoms with E-state index in [9.17, 15) is 9.59 Å². The van der Waals surface area contributed by atoms with Crippen LogP contribution >= 0.6 is 0 Å². The second-order valence-electron chi connectivity index (χ2n) is 7.07. The van der Waals surface area contributed by atoms with Crippen molar-refractivity contribution in [2.75, 3.05) is 0 Å². The summed E-state index contributed by atoms with van der Waals surface area (Å²) in [5.74, 6) is -2.09. The molecule has 0 aromatic heterocycles. The molecule has 0 saturated carbocycles.